The van der Waals surface area contributed by atoms with E-state index in [4.69, 9.17) is 0 Å². The third-order valence-corrected chi connectivity index (χ3v) is 5.63. The van der Waals surface area contributed by atoms with E-state index in [0.717, 1.165) is 18.9 Å². The number of unbranched alkanes of at least 4 members (excludes halogenated alkanes) is 1. The van der Waals surface area contributed by atoms with Gasteiger partial charge in [0, 0.05) is 0 Å². The lowest BCUT2D eigenvalue weighted by Crippen LogP contribution is -2.55. The van der Waals surface area contributed by atoms with Crippen LogP contribution in [0.4, 0.5) is 0 Å². The second-order valence-corrected chi connectivity index (χ2v) is 7.31. The van der Waals surface area contributed by atoms with Gasteiger partial charge in [-0.15, -0.1) is 0 Å². The van der Waals surface area contributed by atoms with Crippen LogP contribution in [-0.2, 0) is 19.7 Å². The normalized spacial score (nSPS) is 17.6. The minimum absolute atomic E-state index is 0.319. The van der Waals surface area contributed by atoms with Gasteiger partial charge in [-0.25, -0.2) is 0 Å². The Morgan fingerprint density at radius 3 is 2.09 bits per heavy atom. The van der Waals surface area contributed by atoms with E-state index >= 15 is 0 Å². The van der Waals surface area contributed by atoms with Crippen molar-refractivity contribution in [2.45, 2.75) is 57.6 Å². The molecule has 0 saturated heterocycles. The molecule has 0 radical (unpaired) electrons. The van der Waals surface area contributed by atoms with Crippen molar-refractivity contribution >= 4 is 22.1 Å². The standard InChI is InChI=1S/C15H26O7S/c1-4-7-9-11(6-3)10-15(14(18)19,23(20,21)22)12(8-5-2)13(16)17/h5,8,11-12H,4,6-7,9-10H2,1-3H3,(H,16,17)(H,18,19)(H,20,21,22). The predicted octanol–water partition coefficient (Wildman–Crippen LogP) is 2.58. The van der Waals surface area contributed by atoms with Gasteiger partial charge in [-0.3, -0.25) is 14.1 Å². The molecule has 23 heavy (non-hydrogen) atoms. The fourth-order valence-corrected chi connectivity index (χ4v) is 3.89. The van der Waals surface area contributed by atoms with Gasteiger partial charge < -0.3 is 10.2 Å². The van der Waals surface area contributed by atoms with Crippen LogP contribution in [-0.4, -0.2) is 39.9 Å². The third-order valence-electron chi connectivity index (χ3n) is 4.11. The largest absolute Gasteiger partial charge is 0.481 e. The molecule has 0 spiro atoms. The highest BCUT2D eigenvalue weighted by molar-refractivity contribution is 7.88. The van der Waals surface area contributed by atoms with E-state index in [2.05, 4.69) is 0 Å². The minimum Gasteiger partial charge on any atom is -0.481 e. The van der Waals surface area contributed by atoms with Crippen LogP contribution >= 0.6 is 0 Å². The molecule has 3 atom stereocenters. The van der Waals surface area contributed by atoms with Crippen molar-refractivity contribution in [2.75, 3.05) is 0 Å². The van der Waals surface area contributed by atoms with Crippen molar-refractivity contribution in [1.82, 2.24) is 0 Å². The van der Waals surface area contributed by atoms with Crippen molar-refractivity contribution in [3.63, 3.8) is 0 Å². The van der Waals surface area contributed by atoms with Crippen LogP contribution in [0.2, 0.25) is 0 Å². The highest BCUT2D eigenvalue weighted by atomic mass is 32.2. The number of carboxylic acids is 2. The molecular formula is C15H26O7S. The molecule has 0 fully saturated rings. The van der Waals surface area contributed by atoms with Crippen molar-refractivity contribution in [3.05, 3.63) is 12.2 Å². The van der Waals surface area contributed by atoms with Crippen LogP contribution in [0.3, 0.4) is 0 Å². The average molecular weight is 350 g/mol. The third kappa shape index (κ3) is 5.04. The Labute approximate surface area is 137 Å². The van der Waals surface area contributed by atoms with Gasteiger partial charge >= 0.3 is 11.9 Å². The molecule has 0 aliphatic carbocycles. The van der Waals surface area contributed by atoms with Gasteiger partial charge in [-0.05, 0) is 19.3 Å². The predicted molar refractivity (Wildman–Crippen MR) is 85.8 cm³/mol. The molecule has 0 aromatic heterocycles. The second-order valence-electron chi connectivity index (χ2n) is 5.63. The molecule has 0 bridgehead atoms. The summed E-state index contributed by atoms with van der Waals surface area (Å²) >= 11 is 0. The van der Waals surface area contributed by atoms with Crippen molar-refractivity contribution in [3.8, 4) is 0 Å². The lowest BCUT2D eigenvalue weighted by Gasteiger charge is -2.33. The maximum absolute atomic E-state index is 11.9. The summed E-state index contributed by atoms with van der Waals surface area (Å²) in [5, 5.41) is 18.9. The minimum atomic E-state index is -5.15. The van der Waals surface area contributed by atoms with E-state index in [1.165, 1.54) is 13.0 Å². The first-order valence-electron chi connectivity index (χ1n) is 7.64. The van der Waals surface area contributed by atoms with Crippen LogP contribution in [0.15, 0.2) is 12.2 Å². The average Bonchev–Trinajstić information content (AvgIpc) is 2.44. The van der Waals surface area contributed by atoms with E-state index < -0.39 is 39.1 Å². The molecular weight excluding hydrogens is 324 g/mol. The van der Waals surface area contributed by atoms with Gasteiger partial charge in [0.15, 0.2) is 0 Å². The van der Waals surface area contributed by atoms with E-state index in [1.807, 2.05) is 6.92 Å². The summed E-state index contributed by atoms with van der Waals surface area (Å²) in [6.07, 6.45) is 4.50. The number of rotatable bonds is 11. The topological polar surface area (TPSA) is 129 Å². The molecule has 0 saturated carbocycles. The van der Waals surface area contributed by atoms with Crippen LogP contribution in [0.1, 0.15) is 52.9 Å². The molecule has 3 unspecified atom stereocenters. The molecule has 0 amide bonds. The summed E-state index contributed by atoms with van der Waals surface area (Å²) in [6, 6.07) is 0. The summed E-state index contributed by atoms with van der Waals surface area (Å²) in [7, 11) is -5.15. The van der Waals surface area contributed by atoms with Crippen LogP contribution in [0.25, 0.3) is 0 Å². The highest BCUT2D eigenvalue weighted by Crippen LogP contribution is 2.37. The Hall–Kier alpha value is -1.41. The number of carbonyl (C=O) groups is 2. The first-order chi connectivity index (χ1) is 10.6. The summed E-state index contributed by atoms with van der Waals surface area (Å²) in [6.45, 7) is 5.18. The fraction of sp³-hybridized carbons (Fsp3) is 0.733. The van der Waals surface area contributed by atoms with Crippen LogP contribution in [0, 0.1) is 11.8 Å². The summed E-state index contributed by atoms with van der Waals surface area (Å²) in [5.41, 5.74) is 0. The zero-order chi connectivity index (χ0) is 18.3. The zero-order valence-corrected chi connectivity index (χ0v) is 14.5. The molecule has 8 heteroatoms. The number of allylic oxidation sites excluding steroid dienone is 1. The van der Waals surface area contributed by atoms with Crippen LogP contribution < -0.4 is 0 Å². The lowest BCUT2D eigenvalue weighted by atomic mass is 9.80. The molecule has 0 rings (SSSR count). The Kier molecular flexibility index (Phi) is 8.47. The maximum Gasteiger partial charge on any atom is 0.328 e. The van der Waals surface area contributed by atoms with E-state index in [0.29, 0.717) is 12.8 Å². The van der Waals surface area contributed by atoms with Gasteiger partial charge in [0.25, 0.3) is 10.1 Å². The number of carboxylic acid groups (broad SMARTS) is 2. The Morgan fingerprint density at radius 1 is 1.22 bits per heavy atom. The maximum atomic E-state index is 11.9. The molecule has 3 N–H and O–H groups in total. The molecule has 134 valence electrons. The van der Waals surface area contributed by atoms with Gasteiger partial charge in [-0.2, -0.15) is 8.42 Å². The summed E-state index contributed by atoms with van der Waals surface area (Å²) < 4.78 is 30.7. The van der Waals surface area contributed by atoms with Crippen molar-refractivity contribution < 1.29 is 32.8 Å². The Balaban J connectivity index is 6.16. The van der Waals surface area contributed by atoms with Gasteiger partial charge in [0.2, 0.25) is 4.75 Å². The highest BCUT2D eigenvalue weighted by Gasteiger charge is 2.59. The monoisotopic (exact) mass is 350 g/mol. The van der Waals surface area contributed by atoms with Crippen molar-refractivity contribution in [1.29, 1.82) is 0 Å². The zero-order valence-electron chi connectivity index (χ0n) is 13.7. The number of hydrogen-bond donors (Lipinski definition) is 3. The fourth-order valence-electron chi connectivity index (χ4n) is 2.73. The van der Waals surface area contributed by atoms with E-state index in [-0.39, 0.29) is 5.92 Å². The van der Waals surface area contributed by atoms with Gasteiger partial charge in [0.1, 0.15) is 5.92 Å². The summed E-state index contributed by atoms with van der Waals surface area (Å²) in [4.78, 5) is 23.3. The van der Waals surface area contributed by atoms with Gasteiger partial charge in [-0.1, -0.05) is 51.7 Å². The molecule has 0 aromatic rings. The molecule has 7 nitrogen and oxygen atoms in total. The van der Waals surface area contributed by atoms with Gasteiger partial charge in [0.05, 0.1) is 0 Å². The van der Waals surface area contributed by atoms with E-state index in [9.17, 15) is 32.8 Å². The Bertz CT molecular complexity index is 538. The molecule has 0 heterocycles. The quantitative estimate of drug-likeness (QED) is 0.386. The SMILES string of the molecule is CC=CC(C(=O)O)C(CC(CC)CCCC)(C(=O)O)S(=O)(=O)O. The molecule has 0 aliphatic heterocycles. The van der Waals surface area contributed by atoms with Crippen LogP contribution in [0.5, 0.6) is 0 Å². The van der Waals surface area contributed by atoms with E-state index in [1.54, 1.807) is 6.92 Å². The van der Waals surface area contributed by atoms with Crippen molar-refractivity contribution in [2.24, 2.45) is 11.8 Å². The number of hydrogen-bond acceptors (Lipinski definition) is 4. The smallest absolute Gasteiger partial charge is 0.328 e. The second kappa shape index (κ2) is 9.02. The number of aliphatic carboxylic acids is 2. The first kappa shape index (κ1) is 21.6. The molecule has 0 aliphatic rings. The summed E-state index contributed by atoms with van der Waals surface area (Å²) in [5.74, 6) is -5.63. The Morgan fingerprint density at radius 2 is 1.78 bits per heavy atom. The first-order valence-corrected chi connectivity index (χ1v) is 9.08. The molecule has 0 aromatic carbocycles. The lowest BCUT2D eigenvalue weighted by molar-refractivity contribution is -0.150.